The number of nitrogens with zero attached hydrogens (tertiary/aromatic N) is 6. The number of aromatic nitrogens is 4. The lowest BCUT2D eigenvalue weighted by Gasteiger charge is -2.35. The number of hydrogen-bond acceptors (Lipinski definition) is 8. The first kappa shape index (κ1) is 26.2. The zero-order valence-electron chi connectivity index (χ0n) is 21.2. The molecule has 1 aliphatic rings. The first-order valence-electron chi connectivity index (χ1n) is 12.4. The molecule has 0 atom stereocenters. The van der Waals surface area contributed by atoms with E-state index in [4.69, 9.17) is 0 Å². The van der Waals surface area contributed by atoms with Gasteiger partial charge in [0, 0.05) is 32.4 Å². The van der Waals surface area contributed by atoms with Crippen LogP contribution in [-0.2, 0) is 6.18 Å². The smallest absolute Gasteiger partial charge is 0.368 e. The lowest BCUT2D eigenvalue weighted by molar-refractivity contribution is -0.135. The van der Waals surface area contributed by atoms with Gasteiger partial charge in [-0.25, -0.2) is 19.3 Å². The molecule has 0 saturated carbocycles. The summed E-state index contributed by atoms with van der Waals surface area (Å²) in [6.07, 6.45) is -0.804. The zero-order chi connectivity index (χ0) is 27.0. The molecule has 0 amide bonds. The molecule has 1 N–H and O–H groups in total. The van der Waals surface area contributed by atoms with Gasteiger partial charge >= 0.3 is 6.18 Å². The van der Waals surface area contributed by atoms with Gasteiger partial charge in [0.2, 0.25) is 5.95 Å². The molecule has 5 heterocycles. The maximum absolute atomic E-state index is 14.9. The third-order valence-electron chi connectivity index (χ3n) is 6.64. The first-order chi connectivity index (χ1) is 18.2. The molecule has 1 saturated heterocycles. The SMILES string of the molecule is CCN1CCN(c2ccc(Nc3ncc(F)c(-c4sc5c(C(C)C)ccnc5c4C(F)(F)F)n3)nc2)CC1. The predicted octanol–water partition coefficient (Wildman–Crippen LogP) is 6.32. The fourth-order valence-corrected chi connectivity index (χ4v) is 6.00. The van der Waals surface area contributed by atoms with Crippen LogP contribution in [-0.4, -0.2) is 57.6 Å². The molecule has 1 aliphatic heterocycles. The number of rotatable bonds is 6. The summed E-state index contributed by atoms with van der Waals surface area (Å²) >= 11 is 0.842. The lowest BCUT2D eigenvalue weighted by Crippen LogP contribution is -2.46. The normalized spacial score (nSPS) is 15.0. The number of anilines is 3. The van der Waals surface area contributed by atoms with Gasteiger partial charge in [-0.05, 0) is 36.2 Å². The number of pyridine rings is 2. The molecule has 0 aliphatic carbocycles. The van der Waals surface area contributed by atoms with Crippen molar-refractivity contribution < 1.29 is 17.6 Å². The molecule has 4 aromatic heterocycles. The second-order valence-electron chi connectivity index (χ2n) is 9.37. The van der Waals surface area contributed by atoms with Gasteiger partial charge in [-0.1, -0.05) is 20.8 Å². The Morgan fingerprint density at radius 3 is 2.42 bits per heavy atom. The molecule has 5 rings (SSSR count). The molecule has 1 fully saturated rings. The summed E-state index contributed by atoms with van der Waals surface area (Å²) < 4.78 is 57.9. The maximum Gasteiger partial charge on any atom is 0.419 e. The second-order valence-corrected chi connectivity index (χ2v) is 10.4. The highest BCUT2D eigenvalue weighted by Crippen LogP contribution is 2.48. The quantitative estimate of drug-likeness (QED) is 0.285. The van der Waals surface area contributed by atoms with Crippen LogP contribution >= 0.6 is 11.3 Å². The first-order valence-corrected chi connectivity index (χ1v) is 13.2. The standard InChI is InChI=1S/C26H27F4N7S/c1-4-36-9-11-37(12-10-36)16-5-6-19(32-13-16)34-25-33-14-18(27)21(35-25)24-20(26(28,29)30)22-23(38-24)17(15(2)3)7-8-31-22/h5-8,13-15H,4,9-12H2,1-3H3,(H,32,33,34,35). The molecule has 38 heavy (non-hydrogen) atoms. The zero-order valence-corrected chi connectivity index (χ0v) is 22.0. The highest BCUT2D eigenvalue weighted by atomic mass is 32.1. The van der Waals surface area contributed by atoms with Crippen LogP contribution in [0.15, 0.2) is 36.8 Å². The molecule has 0 radical (unpaired) electrons. The van der Waals surface area contributed by atoms with E-state index in [0.29, 0.717) is 16.1 Å². The molecule has 0 spiro atoms. The second kappa shape index (κ2) is 10.4. The summed E-state index contributed by atoms with van der Waals surface area (Å²) in [5.41, 5.74) is 0.0610. The molecule has 200 valence electrons. The Morgan fingerprint density at radius 1 is 1.03 bits per heavy atom. The molecule has 0 bridgehead atoms. The molecule has 12 heteroatoms. The van der Waals surface area contributed by atoms with Gasteiger partial charge in [0.05, 0.1) is 33.2 Å². The lowest BCUT2D eigenvalue weighted by atomic mass is 10.0. The number of fused-ring (bicyclic) bond motifs is 1. The number of thiophene rings is 1. The van der Waals surface area contributed by atoms with Crippen molar-refractivity contribution in [3.8, 4) is 10.6 Å². The minimum atomic E-state index is -4.75. The number of hydrogen-bond donors (Lipinski definition) is 1. The Kier molecular flexibility index (Phi) is 7.19. The van der Waals surface area contributed by atoms with Gasteiger partial charge in [-0.15, -0.1) is 11.3 Å². The van der Waals surface area contributed by atoms with Gasteiger partial charge in [0.15, 0.2) is 5.82 Å². The molecule has 0 unspecified atom stereocenters. The van der Waals surface area contributed by atoms with Crippen LogP contribution in [0, 0.1) is 5.82 Å². The van der Waals surface area contributed by atoms with E-state index in [2.05, 4.69) is 42.0 Å². The predicted molar refractivity (Wildman–Crippen MR) is 142 cm³/mol. The largest absolute Gasteiger partial charge is 0.419 e. The summed E-state index contributed by atoms with van der Waals surface area (Å²) in [5, 5.41) is 2.89. The van der Waals surface area contributed by atoms with Gasteiger partial charge < -0.3 is 15.1 Å². The van der Waals surface area contributed by atoms with E-state index in [0.717, 1.165) is 55.9 Å². The summed E-state index contributed by atoms with van der Waals surface area (Å²) in [6, 6.07) is 5.34. The molecular weight excluding hydrogens is 518 g/mol. The van der Waals surface area contributed by atoms with E-state index in [-0.39, 0.29) is 22.3 Å². The highest BCUT2D eigenvalue weighted by molar-refractivity contribution is 7.22. The maximum atomic E-state index is 14.9. The van der Waals surface area contributed by atoms with Crippen LogP contribution in [0.4, 0.5) is 35.0 Å². The Bertz CT molecular complexity index is 1430. The minimum Gasteiger partial charge on any atom is -0.368 e. The third kappa shape index (κ3) is 5.14. The number of likely N-dealkylation sites (N-methyl/N-ethyl adjacent to an activating group) is 1. The van der Waals surface area contributed by atoms with Crippen molar-refractivity contribution in [3.05, 3.63) is 53.7 Å². The van der Waals surface area contributed by atoms with Crippen molar-refractivity contribution in [3.63, 3.8) is 0 Å². The molecule has 7 nitrogen and oxygen atoms in total. The van der Waals surface area contributed by atoms with Gasteiger partial charge in [0.25, 0.3) is 0 Å². The topological polar surface area (TPSA) is 70.1 Å². The van der Waals surface area contributed by atoms with Crippen LogP contribution in [0.2, 0.25) is 0 Å². The van der Waals surface area contributed by atoms with Crippen molar-refractivity contribution in [2.24, 2.45) is 0 Å². The van der Waals surface area contributed by atoms with Crippen molar-refractivity contribution in [2.45, 2.75) is 32.9 Å². The Morgan fingerprint density at radius 2 is 1.79 bits per heavy atom. The van der Waals surface area contributed by atoms with E-state index >= 15 is 0 Å². The van der Waals surface area contributed by atoms with E-state index in [1.807, 2.05) is 19.9 Å². The number of halogens is 4. The van der Waals surface area contributed by atoms with E-state index < -0.39 is 23.3 Å². The monoisotopic (exact) mass is 545 g/mol. The van der Waals surface area contributed by atoms with E-state index in [1.165, 1.54) is 6.20 Å². The fraction of sp³-hybridized carbons (Fsp3) is 0.385. The molecule has 0 aromatic carbocycles. The minimum absolute atomic E-state index is 0.0369. The highest BCUT2D eigenvalue weighted by Gasteiger charge is 2.40. The Hall–Kier alpha value is -3.38. The van der Waals surface area contributed by atoms with E-state index in [9.17, 15) is 17.6 Å². The fourth-order valence-electron chi connectivity index (χ4n) is 4.56. The van der Waals surface area contributed by atoms with Gasteiger partial charge in [0.1, 0.15) is 17.1 Å². The van der Waals surface area contributed by atoms with Crippen molar-refractivity contribution in [2.75, 3.05) is 42.9 Å². The Balaban J connectivity index is 1.46. The van der Waals surface area contributed by atoms with Crippen molar-refractivity contribution in [1.29, 1.82) is 0 Å². The number of nitrogens with one attached hydrogen (secondary N) is 1. The van der Waals surface area contributed by atoms with E-state index in [1.54, 1.807) is 18.3 Å². The summed E-state index contributed by atoms with van der Waals surface area (Å²) in [7, 11) is 0. The summed E-state index contributed by atoms with van der Waals surface area (Å²) in [5.74, 6) is -0.645. The van der Waals surface area contributed by atoms with Crippen molar-refractivity contribution in [1.82, 2.24) is 24.8 Å². The van der Waals surface area contributed by atoms with Crippen molar-refractivity contribution >= 4 is 39.0 Å². The number of piperazine rings is 1. The molecular formula is C26H27F4N7S. The van der Waals surface area contributed by atoms with Crippen LogP contribution < -0.4 is 10.2 Å². The molecule has 4 aromatic rings. The van der Waals surface area contributed by atoms with Crippen LogP contribution in [0.1, 0.15) is 37.8 Å². The van der Waals surface area contributed by atoms with Crippen LogP contribution in [0.5, 0.6) is 0 Å². The summed E-state index contributed by atoms with van der Waals surface area (Å²) in [4.78, 5) is 20.8. The van der Waals surface area contributed by atoms with Crippen LogP contribution in [0.3, 0.4) is 0 Å². The van der Waals surface area contributed by atoms with Crippen LogP contribution in [0.25, 0.3) is 20.8 Å². The average Bonchev–Trinajstić information content (AvgIpc) is 3.30. The van der Waals surface area contributed by atoms with Gasteiger partial charge in [-0.2, -0.15) is 13.2 Å². The number of alkyl halides is 3. The van der Waals surface area contributed by atoms with Gasteiger partial charge in [-0.3, -0.25) is 4.98 Å². The summed E-state index contributed by atoms with van der Waals surface area (Å²) in [6.45, 7) is 10.7. The average molecular weight is 546 g/mol. The third-order valence-corrected chi connectivity index (χ3v) is 7.87. The Labute approximate surface area is 221 Å².